The van der Waals surface area contributed by atoms with Gasteiger partial charge in [-0.15, -0.1) is 0 Å². The van der Waals surface area contributed by atoms with Gasteiger partial charge in [0.2, 0.25) is 17.1 Å². The van der Waals surface area contributed by atoms with Crippen LogP contribution < -0.4 is 11.2 Å². The summed E-state index contributed by atoms with van der Waals surface area (Å²) >= 11 is 0. The van der Waals surface area contributed by atoms with Gasteiger partial charge in [-0.3, -0.25) is 9.59 Å². The van der Waals surface area contributed by atoms with Crippen LogP contribution in [0.2, 0.25) is 0 Å². The molecule has 18 heavy (non-hydrogen) atoms. The number of aryl methyl sites for hydroxylation is 1. The average molecular weight is 253 g/mol. The molecule has 0 aliphatic rings. The molecule has 1 heterocycles. The normalized spacial score (nSPS) is 12.7. The number of hydrogen-bond donors (Lipinski definition) is 2. The summed E-state index contributed by atoms with van der Waals surface area (Å²) in [6, 6.07) is 1.22. The smallest absolute Gasteiger partial charge is 0.227 e. The van der Waals surface area contributed by atoms with Gasteiger partial charge in [0.1, 0.15) is 5.76 Å². The first-order valence-electron chi connectivity index (χ1n) is 5.93. The monoisotopic (exact) mass is 253 g/mol. The average Bonchev–Trinajstić information content (AvgIpc) is 2.21. The van der Waals surface area contributed by atoms with E-state index >= 15 is 0 Å². The molecule has 0 spiro atoms. The van der Waals surface area contributed by atoms with Crippen molar-refractivity contribution in [2.45, 2.75) is 39.5 Å². The Kier molecular flexibility index (Phi) is 4.53. The molecule has 0 saturated carbocycles. The van der Waals surface area contributed by atoms with Crippen LogP contribution in [0.15, 0.2) is 15.3 Å². The lowest BCUT2D eigenvalue weighted by Crippen LogP contribution is -2.18. The topological polar surface area (TPSA) is 93.5 Å². The fraction of sp³-hybridized carbons (Fsp3) is 0.538. The van der Waals surface area contributed by atoms with Crippen molar-refractivity contribution in [1.82, 2.24) is 0 Å². The minimum absolute atomic E-state index is 0.0537. The Morgan fingerprint density at radius 1 is 1.50 bits per heavy atom. The van der Waals surface area contributed by atoms with Gasteiger partial charge in [0, 0.05) is 18.4 Å². The van der Waals surface area contributed by atoms with Crippen LogP contribution in [0.1, 0.15) is 44.1 Å². The van der Waals surface area contributed by atoms with Gasteiger partial charge >= 0.3 is 0 Å². The molecule has 0 unspecified atom stereocenters. The Morgan fingerprint density at radius 2 is 2.11 bits per heavy atom. The minimum atomic E-state index is -0.494. The number of nitrogens with two attached hydrogens (primary N) is 1. The Balaban J connectivity index is 3.19. The van der Waals surface area contributed by atoms with Crippen LogP contribution in [0.25, 0.3) is 0 Å². The predicted octanol–water partition coefficient (Wildman–Crippen LogP) is 1.66. The molecule has 0 saturated heterocycles. The first kappa shape index (κ1) is 14.3. The van der Waals surface area contributed by atoms with Crippen molar-refractivity contribution in [2.75, 3.05) is 0 Å². The number of primary amides is 1. The van der Waals surface area contributed by atoms with E-state index in [4.69, 9.17) is 10.2 Å². The molecule has 0 fully saturated rings. The van der Waals surface area contributed by atoms with E-state index in [-0.39, 0.29) is 18.1 Å². The zero-order valence-corrected chi connectivity index (χ0v) is 10.9. The third kappa shape index (κ3) is 3.61. The van der Waals surface area contributed by atoms with Crippen molar-refractivity contribution < 1.29 is 14.3 Å². The molecule has 0 radical (unpaired) electrons. The molecule has 0 aliphatic heterocycles. The fourth-order valence-electron chi connectivity index (χ4n) is 2.00. The number of hydrogen-bond acceptors (Lipinski definition) is 4. The van der Waals surface area contributed by atoms with Crippen molar-refractivity contribution in [3.63, 3.8) is 0 Å². The van der Waals surface area contributed by atoms with Gasteiger partial charge in [-0.05, 0) is 19.3 Å². The van der Waals surface area contributed by atoms with Gasteiger partial charge < -0.3 is 15.3 Å². The van der Waals surface area contributed by atoms with Crippen molar-refractivity contribution in [2.24, 2.45) is 11.7 Å². The van der Waals surface area contributed by atoms with E-state index < -0.39 is 17.1 Å². The fourth-order valence-corrected chi connectivity index (χ4v) is 2.00. The summed E-state index contributed by atoms with van der Waals surface area (Å²) in [5.74, 6) is -0.412. The lowest BCUT2D eigenvalue weighted by Gasteiger charge is -2.17. The lowest BCUT2D eigenvalue weighted by molar-refractivity contribution is -0.118. The SMILES string of the molecule is Cc1cc(=O)c(O)c([C@H](CC(N)=O)CC(C)C)o1. The summed E-state index contributed by atoms with van der Waals surface area (Å²) in [5.41, 5.74) is 4.70. The molecule has 0 aliphatic carbocycles. The maximum atomic E-state index is 11.5. The molecular weight excluding hydrogens is 234 g/mol. The summed E-state index contributed by atoms with van der Waals surface area (Å²) in [7, 11) is 0. The molecule has 100 valence electrons. The highest BCUT2D eigenvalue weighted by Crippen LogP contribution is 2.31. The van der Waals surface area contributed by atoms with Crippen LogP contribution in [0.4, 0.5) is 0 Å². The first-order chi connectivity index (χ1) is 8.31. The molecule has 1 amide bonds. The van der Waals surface area contributed by atoms with Gasteiger partial charge in [-0.1, -0.05) is 13.8 Å². The van der Waals surface area contributed by atoms with Gasteiger partial charge in [0.15, 0.2) is 5.76 Å². The second kappa shape index (κ2) is 5.71. The molecule has 1 aromatic heterocycles. The van der Waals surface area contributed by atoms with Gasteiger partial charge in [0.25, 0.3) is 0 Å². The Hall–Kier alpha value is -1.78. The third-order valence-electron chi connectivity index (χ3n) is 2.65. The maximum Gasteiger partial charge on any atom is 0.227 e. The summed E-state index contributed by atoms with van der Waals surface area (Å²) in [6.07, 6.45) is 0.668. The van der Waals surface area contributed by atoms with Crippen molar-refractivity contribution >= 4 is 5.91 Å². The first-order valence-corrected chi connectivity index (χ1v) is 5.93. The van der Waals surface area contributed by atoms with Crippen molar-refractivity contribution in [3.05, 3.63) is 27.8 Å². The Morgan fingerprint density at radius 3 is 2.61 bits per heavy atom. The van der Waals surface area contributed by atoms with E-state index in [9.17, 15) is 14.7 Å². The third-order valence-corrected chi connectivity index (χ3v) is 2.65. The van der Waals surface area contributed by atoms with E-state index in [1.165, 1.54) is 6.07 Å². The van der Waals surface area contributed by atoms with Crippen LogP contribution in [-0.2, 0) is 4.79 Å². The Bertz CT molecular complexity index is 490. The molecule has 1 atom stereocenters. The van der Waals surface area contributed by atoms with E-state index in [1.807, 2.05) is 13.8 Å². The lowest BCUT2D eigenvalue weighted by atomic mass is 9.91. The van der Waals surface area contributed by atoms with E-state index in [1.54, 1.807) is 6.92 Å². The number of carbonyl (C=O) groups excluding carboxylic acids is 1. The summed E-state index contributed by atoms with van der Waals surface area (Å²) < 4.78 is 5.40. The van der Waals surface area contributed by atoms with Crippen LogP contribution >= 0.6 is 0 Å². The van der Waals surface area contributed by atoms with Crippen molar-refractivity contribution in [1.29, 1.82) is 0 Å². The number of amides is 1. The minimum Gasteiger partial charge on any atom is -0.502 e. The predicted molar refractivity (Wildman–Crippen MR) is 67.4 cm³/mol. The molecular formula is C13H19NO4. The van der Waals surface area contributed by atoms with Crippen LogP contribution in [0, 0.1) is 12.8 Å². The van der Waals surface area contributed by atoms with Crippen LogP contribution in [0.5, 0.6) is 5.75 Å². The summed E-state index contributed by atoms with van der Waals surface area (Å²) in [6.45, 7) is 5.60. The number of carbonyl (C=O) groups is 1. The van der Waals surface area contributed by atoms with E-state index in [2.05, 4.69) is 0 Å². The molecule has 0 bridgehead atoms. The molecule has 1 aromatic rings. The zero-order valence-electron chi connectivity index (χ0n) is 10.9. The van der Waals surface area contributed by atoms with Gasteiger partial charge in [-0.2, -0.15) is 0 Å². The highest BCUT2D eigenvalue weighted by molar-refractivity contribution is 5.74. The zero-order chi connectivity index (χ0) is 13.9. The Labute approximate surface area is 106 Å². The molecule has 1 rings (SSSR count). The molecule has 0 aromatic carbocycles. The van der Waals surface area contributed by atoms with Crippen molar-refractivity contribution in [3.8, 4) is 5.75 Å². The van der Waals surface area contributed by atoms with Gasteiger partial charge in [-0.25, -0.2) is 0 Å². The number of rotatable bonds is 5. The van der Waals surface area contributed by atoms with Crippen LogP contribution in [-0.4, -0.2) is 11.0 Å². The number of aromatic hydroxyl groups is 1. The summed E-state index contributed by atoms with van der Waals surface area (Å²) in [4.78, 5) is 22.6. The highest BCUT2D eigenvalue weighted by Gasteiger charge is 2.23. The van der Waals surface area contributed by atoms with E-state index in [0.29, 0.717) is 18.1 Å². The highest BCUT2D eigenvalue weighted by atomic mass is 16.4. The molecule has 3 N–H and O–H groups in total. The van der Waals surface area contributed by atoms with Gasteiger partial charge in [0.05, 0.1) is 0 Å². The van der Waals surface area contributed by atoms with Crippen LogP contribution in [0.3, 0.4) is 0 Å². The molecule has 5 heteroatoms. The summed E-state index contributed by atoms with van der Waals surface area (Å²) in [5, 5.41) is 9.76. The molecule has 5 nitrogen and oxygen atoms in total. The standard InChI is InChI=1S/C13H19NO4/c1-7(2)4-9(6-11(14)16)13-12(17)10(15)5-8(3)18-13/h5,7,9,17H,4,6H2,1-3H3,(H2,14,16)/t9-/m0/s1. The largest absolute Gasteiger partial charge is 0.502 e. The second-order valence-electron chi connectivity index (χ2n) is 4.93. The maximum absolute atomic E-state index is 11.5. The quantitative estimate of drug-likeness (QED) is 0.834. The second-order valence-corrected chi connectivity index (χ2v) is 4.93. The van der Waals surface area contributed by atoms with E-state index in [0.717, 1.165) is 0 Å².